The molecule has 3 nitrogen and oxygen atoms in total. The first-order chi connectivity index (χ1) is 14.9. The average Bonchev–Trinajstić information content (AvgIpc) is 2.81. The van der Waals surface area contributed by atoms with Crippen molar-refractivity contribution in [3.05, 3.63) is 107 Å². The number of benzene rings is 2. The first kappa shape index (κ1) is 20.4. The van der Waals surface area contributed by atoms with Crippen LogP contribution in [-0.4, -0.2) is 9.97 Å². The van der Waals surface area contributed by atoms with Gasteiger partial charge in [0.25, 0.3) is 0 Å². The molecule has 0 aliphatic heterocycles. The molecule has 2 aromatic carbocycles. The minimum absolute atomic E-state index is 0.0584. The van der Waals surface area contributed by atoms with Crippen molar-refractivity contribution < 1.29 is 8.78 Å². The lowest BCUT2D eigenvalue weighted by Gasteiger charge is -2.25. The Morgan fingerprint density at radius 2 is 1.45 bits per heavy atom. The summed E-state index contributed by atoms with van der Waals surface area (Å²) in [4.78, 5) is 8.85. The molecule has 0 saturated heterocycles. The van der Waals surface area contributed by atoms with E-state index in [9.17, 15) is 9.65 Å². The molecule has 0 aliphatic carbocycles. The summed E-state index contributed by atoms with van der Waals surface area (Å²) >= 11 is 0. The van der Waals surface area contributed by atoms with Gasteiger partial charge in [0.05, 0.1) is 17.1 Å². The number of nitrogens with zero attached hydrogens (tertiary/aromatic N) is 3. The van der Waals surface area contributed by atoms with Crippen LogP contribution >= 0.6 is 0 Å². The lowest BCUT2D eigenvalue weighted by molar-refractivity contribution is 0.580. The second-order valence-corrected chi connectivity index (χ2v) is 7.70. The number of pyridine rings is 2. The third kappa shape index (κ3) is 3.69. The Morgan fingerprint density at radius 3 is 2.10 bits per heavy atom. The van der Waals surface area contributed by atoms with Crippen molar-refractivity contribution in [2.75, 3.05) is 0 Å². The van der Waals surface area contributed by atoms with Gasteiger partial charge < -0.3 is 0 Å². The van der Waals surface area contributed by atoms with Crippen LogP contribution in [0.2, 0.25) is 0 Å². The molecule has 0 amide bonds. The molecule has 5 heteroatoms. The van der Waals surface area contributed by atoms with Crippen LogP contribution in [0.15, 0.2) is 79.0 Å². The van der Waals surface area contributed by atoms with Gasteiger partial charge >= 0.3 is 0 Å². The molecule has 0 spiro atoms. The Morgan fingerprint density at radius 1 is 0.806 bits per heavy atom. The van der Waals surface area contributed by atoms with Gasteiger partial charge in [-0.3, -0.25) is 9.97 Å². The van der Waals surface area contributed by atoms with Gasteiger partial charge in [-0.05, 0) is 35.9 Å². The topological polar surface area (TPSA) is 49.6 Å². The maximum atomic E-state index is 15.1. The van der Waals surface area contributed by atoms with E-state index >= 15 is 4.39 Å². The third-order valence-electron chi connectivity index (χ3n) is 5.41. The summed E-state index contributed by atoms with van der Waals surface area (Å²) in [5, 5.41) is 9.40. The normalized spacial score (nSPS) is 11.2. The Hall–Kier alpha value is -3.91. The Bertz CT molecular complexity index is 1280. The molecule has 0 aliphatic rings. The zero-order chi connectivity index (χ0) is 22.0. The molecule has 2 heterocycles. The van der Waals surface area contributed by atoms with Gasteiger partial charge in [-0.1, -0.05) is 56.3 Å². The van der Waals surface area contributed by atoms with Gasteiger partial charge in [0.2, 0.25) is 0 Å². The lowest BCUT2D eigenvalue weighted by Crippen LogP contribution is -2.20. The molecule has 4 rings (SSSR count). The quantitative estimate of drug-likeness (QED) is 0.397. The largest absolute Gasteiger partial charge is 0.256 e. The summed E-state index contributed by atoms with van der Waals surface area (Å²) in [6.45, 7) is 4.07. The Kier molecular flexibility index (Phi) is 5.31. The van der Waals surface area contributed by atoms with E-state index in [4.69, 9.17) is 4.98 Å². The van der Waals surface area contributed by atoms with E-state index in [0.717, 1.165) is 11.3 Å². The lowest BCUT2D eigenvalue weighted by atomic mass is 9.81. The number of hydrogen-bond acceptors (Lipinski definition) is 3. The van der Waals surface area contributed by atoms with Crippen LogP contribution < -0.4 is 0 Å². The first-order valence-electron chi connectivity index (χ1n) is 9.80. The molecule has 4 aromatic rings. The van der Waals surface area contributed by atoms with Crippen molar-refractivity contribution in [2.45, 2.75) is 19.3 Å². The molecule has 0 atom stereocenters. The molecule has 2 aromatic heterocycles. The number of hydrogen-bond donors (Lipinski definition) is 0. The summed E-state index contributed by atoms with van der Waals surface area (Å²) in [6.07, 6.45) is 1.52. The molecule has 0 unspecified atom stereocenters. The average molecular weight is 411 g/mol. The standard InChI is InChI=1S/C26H19F2N3/c1-26(2,17-9-4-3-5-10-17)23-13-8-12-22(31-23)19-15-18(21-11-6-7-14-30-21)24(27)20(16-29)25(19)28/h3-15H,1-2H3. The molecular weight excluding hydrogens is 392 g/mol. The van der Waals surface area contributed by atoms with E-state index < -0.39 is 22.6 Å². The van der Waals surface area contributed by atoms with Gasteiger partial charge in [-0.25, -0.2) is 8.78 Å². The Labute approximate surface area is 179 Å². The van der Waals surface area contributed by atoms with Crippen LogP contribution in [0.25, 0.3) is 22.5 Å². The van der Waals surface area contributed by atoms with Crippen LogP contribution in [0.4, 0.5) is 8.78 Å². The van der Waals surface area contributed by atoms with Gasteiger partial charge in [0, 0.05) is 22.7 Å². The summed E-state index contributed by atoms with van der Waals surface area (Å²) < 4.78 is 30.0. The van der Waals surface area contributed by atoms with E-state index in [1.54, 1.807) is 36.4 Å². The van der Waals surface area contributed by atoms with Crippen LogP contribution in [0, 0.1) is 23.0 Å². The zero-order valence-corrected chi connectivity index (χ0v) is 17.1. The number of halogens is 2. The molecule has 0 fully saturated rings. The summed E-state index contributed by atoms with van der Waals surface area (Å²) in [6, 6.07) is 23.3. The van der Waals surface area contributed by atoms with Gasteiger partial charge in [-0.2, -0.15) is 5.26 Å². The highest BCUT2D eigenvalue weighted by Gasteiger charge is 2.26. The number of nitriles is 1. The molecule has 0 radical (unpaired) electrons. The molecule has 0 bridgehead atoms. The molecule has 31 heavy (non-hydrogen) atoms. The molecular formula is C26H19F2N3. The fraction of sp³-hybridized carbons (Fsp3) is 0.115. The van der Waals surface area contributed by atoms with Gasteiger partial charge in [0.15, 0.2) is 11.6 Å². The number of aromatic nitrogens is 2. The monoisotopic (exact) mass is 411 g/mol. The van der Waals surface area contributed by atoms with Crippen LogP contribution in [0.1, 0.15) is 30.7 Å². The number of rotatable bonds is 4. The smallest absolute Gasteiger partial charge is 0.153 e. The maximum absolute atomic E-state index is 15.1. The minimum atomic E-state index is -0.929. The SMILES string of the molecule is CC(C)(c1ccccc1)c1cccc(-c2cc(-c3ccccn3)c(F)c(C#N)c2F)n1. The highest BCUT2D eigenvalue weighted by atomic mass is 19.1. The molecule has 152 valence electrons. The van der Waals surface area contributed by atoms with Crippen LogP contribution in [0.5, 0.6) is 0 Å². The van der Waals surface area contributed by atoms with Crippen LogP contribution in [-0.2, 0) is 5.41 Å². The third-order valence-corrected chi connectivity index (χ3v) is 5.41. The summed E-state index contributed by atoms with van der Waals surface area (Å²) in [7, 11) is 0. The van der Waals surface area contributed by atoms with Crippen molar-refractivity contribution in [3.63, 3.8) is 0 Å². The first-order valence-corrected chi connectivity index (χ1v) is 9.80. The van der Waals surface area contributed by atoms with Gasteiger partial charge in [0.1, 0.15) is 11.6 Å². The Balaban J connectivity index is 1.90. The highest BCUT2D eigenvalue weighted by molar-refractivity contribution is 5.73. The van der Waals surface area contributed by atoms with Crippen molar-refractivity contribution in [1.29, 1.82) is 5.26 Å². The fourth-order valence-corrected chi connectivity index (χ4v) is 3.57. The van der Waals surface area contributed by atoms with E-state index in [1.807, 2.05) is 50.2 Å². The van der Waals surface area contributed by atoms with Crippen molar-refractivity contribution in [2.24, 2.45) is 0 Å². The van der Waals surface area contributed by atoms with E-state index in [-0.39, 0.29) is 11.1 Å². The predicted octanol–water partition coefficient (Wildman–Crippen LogP) is 6.29. The predicted molar refractivity (Wildman–Crippen MR) is 116 cm³/mol. The van der Waals surface area contributed by atoms with Crippen molar-refractivity contribution in [3.8, 4) is 28.6 Å². The molecule has 0 N–H and O–H groups in total. The van der Waals surface area contributed by atoms with Crippen LogP contribution in [0.3, 0.4) is 0 Å². The second kappa shape index (κ2) is 8.08. The second-order valence-electron chi connectivity index (χ2n) is 7.70. The fourth-order valence-electron chi connectivity index (χ4n) is 3.57. The maximum Gasteiger partial charge on any atom is 0.153 e. The van der Waals surface area contributed by atoms with Gasteiger partial charge in [-0.15, -0.1) is 0 Å². The van der Waals surface area contributed by atoms with E-state index in [0.29, 0.717) is 11.4 Å². The van der Waals surface area contributed by atoms with Crippen molar-refractivity contribution in [1.82, 2.24) is 9.97 Å². The summed E-state index contributed by atoms with van der Waals surface area (Å²) in [5.41, 5.74) is 1.48. The summed E-state index contributed by atoms with van der Waals surface area (Å²) in [5.74, 6) is -1.86. The van der Waals surface area contributed by atoms with Crippen molar-refractivity contribution >= 4 is 0 Å². The minimum Gasteiger partial charge on any atom is -0.256 e. The zero-order valence-electron chi connectivity index (χ0n) is 17.1. The molecule has 0 saturated carbocycles. The van der Waals surface area contributed by atoms with E-state index in [2.05, 4.69) is 4.98 Å². The highest BCUT2D eigenvalue weighted by Crippen LogP contribution is 2.35. The van der Waals surface area contributed by atoms with E-state index in [1.165, 1.54) is 12.3 Å².